The summed E-state index contributed by atoms with van der Waals surface area (Å²) in [6, 6.07) is 10.5. The average molecular weight is 1220 g/mol. The predicted molar refractivity (Wildman–Crippen MR) is 323 cm³/mol. The highest BCUT2D eigenvalue weighted by Crippen LogP contribution is 2.41. The molecule has 0 unspecified atom stereocenters. The Labute approximate surface area is 508 Å². The Bertz CT molecular complexity index is 2880. The maximum absolute atomic E-state index is 15.5. The van der Waals surface area contributed by atoms with Crippen molar-refractivity contribution in [2.75, 3.05) is 37.7 Å². The van der Waals surface area contributed by atoms with Gasteiger partial charge in [-0.15, -0.1) is 0 Å². The zero-order valence-electron chi connectivity index (χ0n) is 51.8. The monoisotopic (exact) mass is 1220 g/mol. The standard InChI is InChI=1S/C63H88F2N8O12S/c1-40(2)56(70-50(75)22-17-14-18-31-72-52(77)25-26-53(72)78)59(82)68-41(3)58(81)67-29-19-32-73(57(61(4,5)6)48-34-43(45-35-44(64)23-24-46(45)65)38-71(48)37-42-20-15-13-16-21-42)54(79)39-86-33-28-49(74)66-30-27-51(76)69-47(60(83)85-63(10,11)12)36-55(80)84-62(7,8)9/h13,15-16,20-21,23-26,34-35,38,40-41,47,56-57H,14,17-19,22,27-33,36-37,39H2,1-12H3,(H,66,74)(H,67,81)(H,68,82)(H,69,76)(H,70,75)/t41-,47-,56-,57-/m0/s1. The minimum atomic E-state index is -1.33. The number of amides is 8. The number of ether oxygens (including phenoxy) is 2. The van der Waals surface area contributed by atoms with Gasteiger partial charge in [0.2, 0.25) is 35.4 Å². The number of esters is 2. The summed E-state index contributed by atoms with van der Waals surface area (Å²) in [5, 5.41) is 13.5. The number of hydrogen-bond acceptors (Lipinski definition) is 13. The van der Waals surface area contributed by atoms with Crippen LogP contribution in [0.1, 0.15) is 152 Å². The number of carbonyl (C=O) groups excluding carboxylic acids is 10. The average Bonchev–Trinajstić information content (AvgIpc) is 1.97. The van der Waals surface area contributed by atoms with Crippen LogP contribution in [0.4, 0.5) is 8.78 Å². The Morgan fingerprint density at radius 1 is 0.686 bits per heavy atom. The van der Waals surface area contributed by atoms with Gasteiger partial charge in [-0.05, 0) is 109 Å². The van der Waals surface area contributed by atoms with Crippen molar-refractivity contribution >= 4 is 71.0 Å². The molecular formula is C63H88F2N8O12S. The van der Waals surface area contributed by atoms with Crippen LogP contribution in [0.5, 0.6) is 0 Å². The van der Waals surface area contributed by atoms with Crippen molar-refractivity contribution in [3.05, 3.63) is 95.8 Å². The van der Waals surface area contributed by atoms with E-state index in [-0.39, 0.29) is 98.5 Å². The summed E-state index contributed by atoms with van der Waals surface area (Å²) in [7, 11) is 0. The van der Waals surface area contributed by atoms with E-state index >= 15 is 4.39 Å². The van der Waals surface area contributed by atoms with Crippen LogP contribution < -0.4 is 26.6 Å². The molecule has 4 rings (SSSR count). The van der Waals surface area contributed by atoms with Gasteiger partial charge in [0.15, 0.2) is 0 Å². The first-order valence-electron chi connectivity index (χ1n) is 29.2. The van der Waals surface area contributed by atoms with Crippen molar-refractivity contribution in [1.82, 2.24) is 41.0 Å². The lowest BCUT2D eigenvalue weighted by molar-refractivity contribution is -0.165. The molecule has 1 aliphatic heterocycles. The second-order valence-corrected chi connectivity index (χ2v) is 25.8. The molecule has 23 heteroatoms. The number of rotatable bonds is 32. The van der Waals surface area contributed by atoms with Gasteiger partial charge in [0, 0.05) is 92.9 Å². The van der Waals surface area contributed by atoms with E-state index in [2.05, 4.69) is 26.6 Å². The van der Waals surface area contributed by atoms with Crippen molar-refractivity contribution in [2.45, 2.75) is 176 Å². The molecule has 0 fully saturated rings. The van der Waals surface area contributed by atoms with Gasteiger partial charge in [-0.2, -0.15) is 11.8 Å². The number of hydrogen-bond donors (Lipinski definition) is 5. The van der Waals surface area contributed by atoms with Gasteiger partial charge in [0.25, 0.3) is 11.8 Å². The first-order chi connectivity index (χ1) is 40.2. The van der Waals surface area contributed by atoms with E-state index in [1.807, 2.05) is 55.7 Å². The second-order valence-electron chi connectivity index (χ2n) is 24.7. The summed E-state index contributed by atoms with van der Waals surface area (Å²) >= 11 is 1.21. The van der Waals surface area contributed by atoms with Crippen LogP contribution in [0.15, 0.2) is 72.9 Å². The summed E-state index contributed by atoms with van der Waals surface area (Å²) in [4.78, 5) is 133. The molecule has 472 valence electrons. The molecule has 0 aliphatic carbocycles. The van der Waals surface area contributed by atoms with Crippen molar-refractivity contribution in [3.63, 3.8) is 0 Å². The minimum Gasteiger partial charge on any atom is -0.460 e. The number of carbonyl (C=O) groups is 10. The van der Waals surface area contributed by atoms with Gasteiger partial charge in [0.05, 0.1) is 18.2 Å². The van der Waals surface area contributed by atoms with E-state index in [4.69, 9.17) is 9.47 Å². The Morgan fingerprint density at radius 2 is 1.34 bits per heavy atom. The zero-order chi connectivity index (χ0) is 64.1. The quantitative estimate of drug-likeness (QED) is 0.0235. The van der Waals surface area contributed by atoms with Crippen LogP contribution in [-0.2, 0) is 64.0 Å². The lowest BCUT2D eigenvalue weighted by Crippen LogP contribution is -2.54. The molecule has 2 heterocycles. The lowest BCUT2D eigenvalue weighted by atomic mass is 9.83. The highest BCUT2D eigenvalue weighted by molar-refractivity contribution is 7.99. The molecule has 3 aromatic rings. The molecule has 5 N–H and O–H groups in total. The molecular weight excluding hydrogens is 1130 g/mol. The third kappa shape index (κ3) is 24.1. The van der Waals surface area contributed by atoms with Crippen molar-refractivity contribution in [1.29, 1.82) is 0 Å². The largest absolute Gasteiger partial charge is 0.460 e. The first-order valence-corrected chi connectivity index (χ1v) is 30.4. The second kappa shape index (κ2) is 32.9. The summed E-state index contributed by atoms with van der Waals surface area (Å²) in [6.07, 6.45) is 5.35. The number of nitrogens with zero attached hydrogens (tertiary/aromatic N) is 3. The molecule has 1 aliphatic rings. The normalized spacial score (nSPS) is 14.0. The van der Waals surface area contributed by atoms with E-state index in [0.717, 1.165) is 28.7 Å². The molecule has 0 bridgehead atoms. The number of unbranched alkanes of at least 4 members (excludes halogenated alkanes) is 2. The molecule has 86 heavy (non-hydrogen) atoms. The maximum atomic E-state index is 15.5. The summed E-state index contributed by atoms with van der Waals surface area (Å²) in [5.41, 5.74) is -0.478. The number of benzene rings is 2. The van der Waals surface area contributed by atoms with Gasteiger partial charge < -0.3 is 45.5 Å². The Kier molecular flexibility index (Phi) is 27.2. The number of imide groups is 1. The third-order valence-electron chi connectivity index (χ3n) is 13.4. The van der Waals surface area contributed by atoms with Crippen LogP contribution >= 0.6 is 11.8 Å². The topological polar surface area (TPSA) is 261 Å². The number of thioether (sulfide) groups is 1. The molecule has 0 saturated carbocycles. The van der Waals surface area contributed by atoms with E-state index in [1.165, 1.54) is 30.8 Å². The minimum absolute atomic E-state index is 0.0257. The van der Waals surface area contributed by atoms with Crippen molar-refractivity contribution in [3.8, 4) is 11.1 Å². The van der Waals surface area contributed by atoms with E-state index in [9.17, 15) is 52.3 Å². The van der Waals surface area contributed by atoms with Crippen molar-refractivity contribution in [2.24, 2.45) is 11.3 Å². The SMILES string of the molecule is CC(C)[C@H](NC(=O)CCCCCN1C(=O)C=CC1=O)C(=O)N[C@@H](C)C(=O)NCCCN(C(=O)CSCCC(=O)NCCC(=O)N[C@@H](CC(=O)OC(C)(C)C)C(=O)OC(C)(C)C)[C@@H](c1cc(-c2cc(F)ccc2F)cn1Cc1ccccc1)C(C)(C)C. The zero-order valence-corrected chi connectivity index (χ0v) is 52.6. The van der Waals surface area contributed by atoms with Crippen LogP contribution in [0.25, 0.3) is 11.1 Å². The highest BCUT2D eigenvalue weighted by Gasteiger charge is 2.38. The van der Waals surface area contributed by atoms with E-state index in [0.29, 0.717) is 37.1 Å². The Morgan fingerprint density at radius 3 is 1.97 bits per heavy atom. The van der Waals surface area contributed by atoms with Crippen LogP contribution in [0, 0.1) is 23.0 Å². The highest BCUT2D eigenvalue weighted by atomic mass is 32.2. The molecule has 2 aromatic carbocycles. The smallest absolute Gasteiger partial charge is 0.329 e. The van der Waals surface area contributed by atoms with Crippen LogP contribution in [0.2, 0.25) is 0 Å². The fraction of sp³-hybridized carbons (Fsp3) is 0.556. The van der Waals surface area contributed by atoms with Gasteiger partial charge in [-0.3, -0.25) is 48.1 Å². The third-order valence-corrected chi connectivity index (χ3v) is 14.3. The molecule has 1 aromatic heterocycles. The van der Waals surface area contributed by atoms with Crippen LogP contribution in [-0.4, -0.2) is 141 Å². The van der Waals surface area contributed by atoms with Gasteiger partial charge in [0.1, 0.15) is 41.0 Å². The fourth-order valence-electron chi connectivity index (χ4n) is 9.35. The first kappa shape index (κ1) is 71.1. The Hall–Kier alpha value is -7.43. The summed E-state index contributed by atoms with van der Waals surface area (Å²) < 4.78 is 42.9. The maximum Gasteiger partial charge on any atom is 0.329 e. The van der Waals surface area contributed by atoms with Crippen molar-refractivity contribution < 1.29 is 66.2 Å². The summed E-state index contributed by atoms with van der Waals surface area (Å²) in [5.74, 6) is -6.53. The molecule has 0 radical (unpaired) electrons. The Balaban J connectivity index is 1.45. The molecule has 0 spiro atoms. The summed E-state index contributed by atoms with van der Waals surface area (Å²) in [6.45, 7) is 21.5. The van der Waals surface area contributed by atoms with E-state index < -0.39 is 94.4 Å². The predicted octanol–water partition coefficient (Wildman–Crippen LogP) is 7.22. The molecule has 4 atom stereocenters. The van der Waals surface area contributed by atoms with Gasteiger partial charge >= 0.3 is 11.9 Å². The molecule has 8 amide bonds. The lowest BCUT2D eigenvalue weighted by Gasteiger charge is -2.41. The number of aromatic nitrogens is 1. The van der Waals surface area contributed by atoms with E-state index in [1.54, 1.807) is 72.6 Å². The molecule has 20 nitrogen and oxygen atoms in total. The van der Waals surface area contributed by atoms with Gasteiger partial charge in [-0.25, -0.2) is 13.6 Å². The van der Waals surface area contributed by atoms with Crippen LogP contribution in [0.3, 0.4) is 0 Å². The number of nitrogens with one attached hydrogen (secondary N) is 5. The number of halogens is 2. The molecule has 0 saturated heterocycles. The van der Waals surface area contributed by atoms with Gasteiger partial charge in [-0.1, -0.05) is 71.4 Å². The fourth-order valence-corrected chi connectivity index (χ4v) is 10.2.